The number of hydrogen-bond acceptors (Lipinski definition) is 5. The number of carbonyl (C=O) groups excluding carboxylic acids is 3. The Morgan fingerprint density at radius 1 is 1.00 bits per heavy atom. The minimum Gasteiger partial charge on any atom is -0.493 e. The first kappa shape index (κ1) is 23.4. The van der Waals surface area contributed by atoms with E-state index < -0.39 is 16.9 Å². The lowest BCUT2D eigenvalue weighted by molar-refractivity contribution is -0.137. The van der Waals surface area contributed by atoms with E-state index in [9.17, 15) is 14.4 Å². The zero-order valence-corrected chi connectivity index (χ0v) is 21.5. The van der Waals surface area contributed by atoms with Gasteiger partial charge in [-0.3, -0.25) is 19.3 Å². The molecule has 0 aliphatic carbocycles. The van der Waals surface area contributed by atoms with E-state index in [1.54, 1.807) is 30.3 Å². The van der Waals surface area contributed by atoms with E-state index in [2.05, 4.69) is 15.5 Å². The van der Waals surface area contributed by atoms with Gasteiger partial charge >= 0.3 is 0 Å². The maximum absolute atomic E-state index is 14.8. The molecule has 4 aliphatic rings. The van der Waals surface area contributed by atoms with E-state index in [1.807, 2.05) is 43.3 Å². The minimum atomic E-state index is -1.51. The molecule has 2 saturated heterocycles. The summed E-state index contributed by atoms with van der Waals surface area (Å²) in [6.45, 7) is 2.85. The molecule has 7 nitrogen and oxygen atoms in total. The smallest absolute Gasteiger partial charge is 0.251 e. The van der Waals surface area contributed by atoms with Gasteiger partial charge < -0.3 is 15.4 Å². The molecule has 4 heterocycles. The van der Waals surface area contributed by atoms with Gasteiger partial charge in [0.05, 0.1) is 28.8 Å². The molecule has 0 aromatic heterocycles. The number of hydrogen-bond donors (Lipinski definition) is 2. The predicted octanol–water partition coefficient (Wildman–Crippen LogP) is 4.75. The van der Waals surface area contributed by atoms with Crippen LogP contribution in [-0.4, -0.2) is 41.7 Å². The van der Waals surface area contributed by atoms with Gasteiger partial charge in [-0.05, 0) is 56.1 Å². The van der Waals surface area contributed by atoms with Crippen molar-refractivity contribution in [2.75, 3.05) is 23.8 Å². The van der Waals surface area contributed by atoms with Crippen molar-refractivity contribution in [2.24, 2.45) is 5.92 Å². The van der Waals surface area contributed by atoms with Crippen LogP contribution in [-0.2, 0) is 20.5 Å². The monoisotopic (exact) mass is 527 g/mol. The van der Waals surface area contributed by atoms with Crippen molar-refractivity contribution in [3.05, 3.63) is 88.4 Å². The second kappa shape index (κ2) is 8.16. The number of Topliss-reactive ketones (excluding diaryl/α,β-unsaturated/α-hetero) is 1. The Kier molecular flexibility index (Phi) is 5.03. The third-order valence-corrected chi connectivity index (χ3v) is 9.13. The summed E-state index contributed by atoms with van der Waals surface area (Å²) in [6.07, 6.45) is 1.50. The number of anilines is 2. The molecule has 0 unspecified atom stereocenters. The van der Waals surface area contributed by atoms with Crippen molar-refractivity contribution < 1.29 is 19.1 Å². The molecule has 0 radical (unpaired) electrons. The summed E-state index contributed by atoms with van der Waals surface area (Å²) < 4.78 is 5.85. The van der Waals surface area contributed by atoms with Crippen molar-refractivity contribution >= 4 is 40.6 Å². The average Bonchev–Trinajstić information content (AvgIpc) is 3.64. The van der Waals surface area contributed by atoms with Crippen LogP contribution in [0.2, 0.25) is 5.02 Å². The normalized spacial score (nSPS) is 28.8. The fourth-order valence-corrected chi connectivity index (χ4v) is 7.91. The highest BCUT2D eigenvalue weighted by Crippen LogP contribution is 2.68. The Morgan fingerprint density at radius 3 is 2.61 bits per heavy atom. The van der Waals surface area contributed by atoms with E-state index in [4.69, 9.17) is 16.3 Å². The Balaban J connectivity index is 1.58. The van der Waals surface area contributed by atoms with E-state index >= 15 is 0 Å². The Labute approximate surface area is 225 Å². The van der Waals surface area contributed by atoms with Crippen molar-refractivity contribution in [2.45, 2.75) is 36.8 Å². The molecule has 2 amide bonds. The lowest BCUT2D eigenvalue weighted by Crippen LogP contribution is -2.62. The highest BCUT2D eigenvalue weighted by molar-refractivity contribution is 6.35. The molecule has 0 saturated carbocycles. The lowest BCUT2D eigenvalue weighted by Gasteiger charge is -2.43. The first-order valence-electron chi connectivity index (χ1n) is 13.0. The Bertz CT molecular complexity index is 1540. The topological polar surface area (TPSA) is 87.7 Å². The zero-order valence-electron chi connectivity index (χ0n) is 20.8. The quantitative estimate of drug-likeness (QED) is 0.478. The van der Waals surface area contributed by atoms with Gasteiger partial charge in [-0.1, -0.05) is 54.1 Å². The van der Waals surface area contributed by atoms with E-state index in [0.717, 1.165) is 6.42 Å². The summed E-state index contributed by atoms with van der Waals surface area (Å²) in [6, 6.07) is 19.7. The molecule has 0 bridgehead atoms. The summed E-state index contributed by atoms with van der Waals surface area (Å²) in [4.78, 5) is 45.8. The van der Waals surface area contributed by atoms with Crippen LogP contribution < -0.4 is 15.4 Å². The van der Waals surface area contributed by atoms with Gasteiger partial charge in [-0.25, -0.2) is 0 Å². The lowest BCUT2D eigenvalue weighted by atomic mass is 9.57. The van der Waals surface area contributed by atoms with Gasteiger partial charge in [0.15, 0.2) is 5.78 Å². The van der Waals surface area contributed by atoms with Crippen molar-refractivity contribution in [3.63, 3.8) is 0 Å². The molecule has 38 heavy (non-hydrogen) atoms. The van der Waals surface area contributed by atoms with Crippen LogP contribution >= 0.6 is 11.6 Å². The SMILES string of the molecule is CCOc1ccccc1C(=O)[C@H]1[C@H]2CCCN2[C@]2(C(=O)Nc3c(Cl)cccc32)[C@]12C(=O)Nc1ccccc12. The summed E-state index contributed by atoms with van der Waals surface area (Å²) >= 11 is 6.60. The molecule has 2 spiro atoms. The van der Waals surface area contributed by atoms with Crippen LogP contribution in [0.3, 0.4) is 0 Å². The average molecular weight is 528 g/mol. The van der Waals surface area contributed by atoms with Crippen LogP contribution in [0.25, 0.3) is 0 Å². The first-order valence-corrected chi connectivity index (χ1v) is 13.4. The van der Waals surface area contributed by atoms with Crippen LogP contribution in [0.5, 0.6) is 5.75 Å². The minimum absolute atomic E-state index is 0.196. The van der Waals surface area contributed by atoms with E-state index in [-0.39, 0.29) is 23.6 Å². The molecule has 3 aromatic rings. The summed E-state index contributed by atoms with van der Waals surface area (Å²) in [5.74, 6) is -1.22. The van der Waals surface area contributed by atoms with Crippen molar-refractivity contribution in [3.8, 4) is 5.75 Å². The molecule has 3 aromatic carbocycles. The largest absolute Gasteiger partial charge is 0.493 e. The fraction of sp³-hybridized carbons (Fsp3) is 0.300. The standard InChI is InChI=1S/C30H26ClN3O4/c1-2-38-23-15-6-3-9-17(23)26(35)24-22-14-8-16-34(22)30(19-11-7-12-20(31)25(19)33-28(30)37)29(24)18-10-4-5-13-21(18)32-27(29)36/h3-7,9-13,15,22,24H,2,8,14,16H2,1H3,(H,32,36)(H,33,37)/t22-,24-,29+,30-/m1/s1. The van der Waals surface area contributed by atoms with Crippen molar-refractivity contribution in [1.82, 2.24) is 4.90 Å². The molecule has 4 aliphatic heterocycles. The molecule has 7 rings (SSSR count). The number of para-hydroxylation sites is 3. The summed E-state index contributed by atoms with van der Waals surface area (Å²) in [5, 5.41) is 6.47. The van der Waals surface area contributed by atoms with Gasteiger partial charge in [-0.15, -0.1) is 0 Å². The molecule has 2 fully saturated rings. The van der Waals surface area contributed by atoms with Crippen molar-refractivity contribution in [1.29, 1.82) is 0 Å². The van der Waals surface area contributed by atoms with E-state index in [1.165, 1.54) is 0 Å². The number of halogens is 1. The van der Waals surface area contributed by atoms with Gasteiger partial charge in [0, 0.05) is 17.3 Å². The molecule has 2 N–H and O–H groups in total. The second-order valence-corrected chi connectivity index (χ2v) is 10.7. The molecule has 4 atom stereocenters. The first-order chi connectivity index (χ1) is 18.5. The fourth-order valence-electron chi connectivity index (χ4n) is 7.69. The summed E-state index contributed by atoms with van der Waals surface area (Å²) in [7, 11) is 0. The maximum Gasteiger partial charge on any atom is 0.251 e. The zero-order chi connectivity index (χ0) is 26.2. The third kappa shape index (κ3) is 2.60. The number of fused-ring (bicyclic) bond motifs is 7. The highest BCUT2D eigenvalue weighted by Gasteiger charge is 2.81. The number of rotatable bonds is 4. The van der Waals surface area contributed by atoms with Gasteiger partial charge in [0.25, 0.3) is 5.91 Å². The maximum atomic E-state index is 14.8. The number of nitrogens with one attached hydrogen (secondary N) is 2. The van der Waals surface area contributed by atoms with Gasteiger partial charge in [0.2, 0.25) is 5.91 Å². The highest BCUT2D eigenvalue weighted by atomic mass is 35.5. The number of ketones is 1. The van der Waals surface area contributed by atoms with Crippen LogP contribution in [0.4, 0.5) is 11.4 Å². The Morgan fingerprint density at radius 2 is 1.76 bits per heavy atom. The van der Waals surface area contributed by atoms with Gasteiger partial charge in [-0.2, -0.15) is 0 Å². The Hall–Kier alpha value is -3.68. The number of benzene rings is 3. The molecular weight excluding hydrogens is 502 g/mol. The number of ether oxygens (including phenoxy) is 1. The number of amides is 2. The third-order valence-electron chi connectivity index (χ3n) is 8.82. The number of nitrogens with zero attached hydrogens (tertiary/aromatic N) is 1. The predicted molar refractivity (Wildman–Crippen MR) is 144 cm³/mol. The van der Waals surface area contributed by atoms with Crippen LogP contribution in [0.15, 0.2) is 66.7 Å². The van der Waals surface area contributed by atoms with Gasteiger partial charge in [0.1, 0.15) is 16.7 Å². The van der Waals surface area contributed by atoms with E-state index in [0.29, 0.717) is 58.4 Å². The molecular formula is C30H26ClN3O4. The van der Waals surface area contributed by atoms with Crippen LogP contribution in [0, 0.1) is 5.92 Å². The number of carbonyl (C=O) groups is 3. The van der Waals surface area contributed by atoms with Crippen LogP contribution in [0.1, 0.15) is 41.3 Å². The molecule has 192 valence electrons. The molecule has 8 heteroatoms. The summed E-state index contributed by atoms with van der Waals surface area (Å²) in [5.41, 5.74) is -0.0976. The second-order valence-electron chi connectivity index (χ2n) is 10.3.